The molecule has 0 unspecified atom stereocenters. The molecule has 124 valence electrons. The Morgan fingerprint density at radius 1 is 1.43 bits per heavy atom. The van der Waals surface area contributed by atoms with Gasteiger partial charge in [-0.05, 0) is 14.1 Å². The number of carbonyl (C=O) groups excluding carboxylic acids is 1. The van der Waals surface area contributed by atoms with E-state index in [1.807, 2.05) is 25.0 Å². The summed E-state index contributed by atoms with van der Waals surface area (Å²) in [6.07, 6.45) is 1.86. The smallest absolute Gasteiger partial charge is 0.239 e. The summed E-state index contributed by atoms with van der Waals surface area (Å²) in [7, 11) is 5.65. The average molecular weight is 342 g/mol. The fourth-order valence-corrected chi connectivity index (χ4v) is 1.42. The predicted octanol–water partition coefficient (Wildman–Crippen LogP) is 0.463. The number of anilines is 1. The van der Waals surface area contributed by atoms with Crippen molar-refractivity contribution in [1.29, 1.82) is 0 Å². The molecule has 1 rings (SSSR count). The molecule has 9 heteroatoms. The number of halogens is 2. The molecule has 1 amide bonds. The largest absolute Gasteiger partial charge is 0.383 e. The van der Waals surface area contributed by atoms with Crippen LogP contribution in [0.25, 0.3) is 0 Å². The molecule has 0 radical (unpaired) electrons. The number of carbonyl (C=O) groups is 1. The summed E-state index contributed by atoms with van der Waals surface area (Å²) in [6.45, 7) is 3.21. The van der Waals surface area contributed by atoms with Crippen LogP contribution in [-0.4, -0.2) is 68.0 Å². The lowest BCUT2D eigenvalue weighted by Gasteiger charge is -2.08. The molecule has 0 fully saturated rings. The molecule has 1 aromatic rings. The summed E-state index contributed by atoms with van der Waals surface area (Å²) in [5, 5.41) is 9.99. The first-order valence-electron chi connectivity index (χ1n) is 6.29. The summed E-state index contributed by atoms with van der Waals surface area (Å²) < 4.78 is 6.69. The van der Waals surface area contributed by atoms with Gasteiger partial charge < -0.3 is 20.3 Å². The molecule has 0 atom stereocenters. The van der Waals surface area contributed by atoms with Crippen molar-refractivity contribution in [2.45, 2.75) is 6.54 Å². The van der Waals surface area contributed by atoms with Crippen LogP contribution < -0.4 is 10.6 Å². The van der Waals surface area contributed by atoms with E-state index in [2.05, 4.69) is 20.6 Å². The highest BCUT2D eigenvalue weighted by Crippen LogP contribution is 2.01. The van der Waals surface area contributed by atoms with Crippen LogP contribution in [-0.2, 0) is 16.1 Å². The molecule has 0 spiro atoms. The zero-order valence-electron chi connectivity index (χ0n) is 12.7. The quantitative estimate of drug-likeness (QED) is 0.638. The number of amides is 1. The number of nitrogens with one attached hydrogen (secondary N) is 2. The van der Waals surface area contributed by atoms with Gasteiger partial charge in [0.05, 0.1) is 19.7 Å². The number of methoxy groups -OCH3 is 1. The Balaban J connectivity index is 0. The van der Waals surface area contributed by atoms with Crippen LogP contribution in [0.3, 0.4) is 0 Å². The van der Waals surface area contributed by atoms with Gasteiger partial charge >= 0.3 is 0 Å². The molecule has 1 aromatic heterocycles. The number of rotatable bonds is 9. The highest BCUT2D eigenvalue weighted by Gasteiger charge is 2.04. The minimum atomic E-state index is -0.103. The van der Waals surface area contributed by atoms with Gasteiger partial charge in [0, 0.05) is 32.5 Å². The van der Waals surface area contributed by atoms with Gasteiger partial charge in [-0.1, -0.05) is 0 Å². The Labute approximate surface area is 138 Å². The van der Waals surface area contributed by atoms with E-state index in [0.717, 1.165) is 13.1 Å². The maximum Gasteiger partial charge on any atom is 0.239 e. The molecule has 0 aliphatic carbocycles. The lowest BCUT2D eigenvalue weighted by molar-refractivity contribution is -0.115. The van der Waals surface area contributed by atoms with Crippen molar-refractivity contribution in [3.8, 4) is 0 Å². The van der Waals surface area contributed by atoms with Crippen molar-refractivity contribution in [2.75, 3.05) is 52.8 Å². The second-order valence-corrected chi connectivity index (χ2v) is 4.49. The number of hydrogen-bond donors (Lipinski definition) is 2. The summed E-state index contributed by atoms with van der Waals surface area (Å²) >= 11 is 0. The van der Waals surface area contributed by atoms with Crippen LogP contribution in [0.15, 0.2) is 12.3 Å². The molecule has 0 aliphatic rings. The first kappa shape index (κ1) is 22.4. The zero-order valence-corrected chi connectivity index (χ0v) is 14.3. The van der Waals surface area contributed by atoms with Crippen molar-refractivity contribution < 1.29 is 9.53 Å². The lowest BCUT2D eigenvalue weighted by atomic mass is 10.5. The van der Waals surface area contributed by atoms with Gasteiger partial charge in [-0.3, -0.25) is 9.48 Å². The Morgan fingerprint density at radius 3 is 2.76 bits per heavy atom. The lowest BCUT2D eigenvalue weighted by Crippen LogP contribution is -2.30. The molecular weight excluding hydrogens is 317 g/mol. The van der Waals surface area contributed by atoms with Gasteiger partial charge in [-0.25, -0.2) is 0 Å². The van der Waals surface area contributed by atoms with Crippen molar-refractivity contribution in [3.05, 3.63) is 12.3 Å². The summed E-state index contributed by atoms with van der Waals surface area (Å²) in [5.74, 6) is 0.478. The molecule has 0 saturated carbocycles. The van der Waals surface area contributed by atoms with Crippen LogP contribution >= 0.6 is 24.8 Å². The van der Waals surface area contributed by atoms with Crippen molar-refractivity contribution >= 4 is 36.5 Å². The number of ether oxygens (including phenoxy) is 1. The van der Waals surface area contributed by atoms with Gasteiger partial charge in [0.25, 0.3) is 0 Å². The Bertz CT molecular complexity index is 387. The fraction of sp³-hybridized carbons (Fsp3) is 0.667. The SMILES string of the molecule is COCCNCC(=O)Nc1ccn(CCN(C)C)n1.Cl.Cl. The first-order valence-corrected chi connectivity index (χ1v) is 6.29. The van der Waals surface area contributed by atoms with E-state index < -0.39 is 0 Å². The van der Waals surface area contributed by atoms with Crippen LogP contribution in [0.2, 0.25) is 0 Å². The van der Waals surface area contributed by atoms with Gasteiger partial charge in [0.1, 0.15) is 0 Å². The van der Waals surface area contributed by atoms with E-state index >= 15 is 0 Å². The average Bonchev–Trinajstić information content (AvgIpc) is 2.80. The van der Waals surface area contributed by atoms with Gasteiger partial charge in [-0.2, -0.15) is 5.10 Å². The van der Waals surface area contributed by atoms with E-state index in [9.17, 15) is 4.79 Å². The maximum absolute atomic E-state index is 11.6. The number of aromatic nitrogens is 2. The third kappa shape index (κ3) is 10.5. The van der Waals surface area contributed by atoms with Crippen LogP contribution in [0, 0.1) is 0 Å². The molecule has 0 bridgehead atoms. The second kappa shape index (κ2) is 12.8. The third-order valence-electron chi connectivity index (χ3n) is 2.45. The van der Waals surface area contributed by atoms with E-state index in [1.165, 1.54) is 0 Å². The summed E-state index contributed by atoms with van der Waals surface area (Å²) in [5.41, 5.74) is 0. The molecule has 0 aromatic carbocycles. The number of nitrogens with zero attached hydrogens (tertiary/aromatic N) is 3. The fourth-order valence-electron chi connectivity index (χ4n) is 1.42. The van der Waals surface area contributed by atoms with Gasteiger partial charge in [0.2, 0.25) is 5.91 Å². The Kier molecular flexibility index (Phi) is 13.7. The number of hydrogen-bond acceptors (Lipinski definition) is 5. The standard InChI is InChI=1S/C12H23N5O2.2ClH/c1-16(2)7-8-17-6-4-11(15-17)14-12(18)10-13-5-9-19-3;;/h4,6,13H,5,7-10H2,1-3H3,(H,14,15,18);2*1H. The van der Waals surface area contributed by atoms with E-state index in [0.29, 0.717) is 19.0 Å². The van der Waals surface area contributed by atoms with Crippen molar-refractivity contribution in [1.82, 2.24) is 20.0 Å². The second-order valence-electron chi connectivity index (χ2n) is 4.49. The minimum absolute atomic E-state index is 0. The van der Waals surface area contributed by atoms with E-state index in [4.69, 9.17) is 4.74 Å². The Morgan fingerprint density at radius 2 is 2.14 bits per heavy atom. The van der Waals surface area contributed by atoms with Crippen molar-refractivity contribution in [3.63, 3.8) is 0 Å². The molecular formula is C12H25Cl2N5O2. The maximum atomic E-state index is 11.6. The molecule has 2 N–H and O–H groups in total. The highest BCUT2D eigenvalue weighted by molar-refractivity contribution is 5.91. The topological polar surface area (TPSA) is 71.4 Å². The molecule has 1 heterocycles. The Hall–Kier alpha value is -0.860. The van der Waals surface area contributed by atoms with Crippen LogP contribution in [0.1, 0.15) is 0 Å². The molecule has 7 nitrogen and oxygen atoms in total. The van der Waals surface area contributed by atoms with Gasteiger partial charge in [-0.15, -0.1) is 24.8 Å². The van der Waals surface area contributed by atoms with Crippen LogP contribution in [0.4, 0.5) is 5.82 Å². The zero-order chi connectivity index (χ0) is 14.1. The molecule has 0 saturated heterocycles. The van der Waals surface area contributed by atoms with Crippen molar-refractivity contribution in [2.24, 2.45) is 0 Å². The third-order valence-corrected chi connectivity index (χ3v) is 2.45. The summed E-state index contributed by atoms with van der Waals surface area (Å²) in [4.78, 5) is 13.7. The molecule has 0 aliphatic heterocycles. The van der Waals surface area contributed by atoms with E-state index in [1.54, 1.807) is 13.2 Å². The van der Waals surface area contributed by atoms with Crippen LogP contribution in [0.5, 0.6) is 0 Å². The summed E-state index contributed by atoms with van der Waals surface area (Å²) in [6, 6.07) is 1.79. The first-order chi connectivity index (χ1) is 9.11. The van der Waals surface area contributed by atoms with E-state index in [-0.39, 0.29) is 37.3 Å². The minimum Gasteiger partial charge on any atom is -0.383 e. The predicted molar refractivity (Wildman–Crippen MR) is 88.7 cm³/mol. The normalized spacial score (nSPS) is 9.90. The number of likely N-dealkylation sites (N-methyl/N-ethyl adjacent to an activating group) is 1. The molecule has 21 heavy (non-hydrogen) atoms. The highest BCUT2D eigenvalue weighted by atomic mass is 35.5. The van der Waals surface area contributed by atoms with Gasteiger partial charge in [0.15, 0.2) is 5.82 Å². The monoisotopic (exact) mass is 341 g/mol.